The molecule has 3 aromatic rings. The van der Waals surface area contributed by atoms with Gasteiger partial charge in [0.1, 0.15) is 15.2 Å². The van der Waals surface area contributed by atoms with Gasteiger partial charge in [0.05, 0.1) is 23.2 Å². The van der Waals surface area contributed by atoms with Gasteiger partial charge in [-0.25, -0.2) is 4.98 Å². The number of halogens is 1. The molecule has 2 aromatic heterocycles. The molecule has 0 saturated carbocycles. The summed E-state index contributed by atoms with van der Waals surface area (Å²) in [6.45, 7) is 0.479. The van der Waals surface area contributed by atoms with E-state index >= 15 is 0 Å². The van der Waals surface area contributed by atoms with Crippen molar-refractivity contribution in [3.63, 3.8) is 0 Å². The lowest BCUT2D eigenvalue weighted by atomic mass is 10.1. The molecule has 2 aliphatic rings. The lowest BCUT2D eigenvalue weighted by Crippen LogP contribution is -2.27. The molecule has 6 nitrogen and oxygen atoms in total. The number of thiocarbonyl (C=S) groups is 1. The van der Waals surface area contributed by atoms with Crippen molar-refractivity contribution in [2.24, 2.45) is 0 Å². The molecular formula is C19H11ClN2O4S2. The lowest BCUT2D eigenvalue weighted by Gasteiger charge is -2.12. The molecule has 0 radical (unpaired) electrons. The second-order valence-electron chi connectivity index (χ2n) is 6.11. The number of nitrogens with zero attached hydrogens (tertiary/aromatic N) is 2. The molecule has 1 amide bonds. The summed E-state index contributed by atoms with van der Waals surface area (Å²) in [6, 6.07) is 9.08. The van der Waals surface area contributed by atoms with E-state index in [9.17, 15) is 4.79 Å². The number of benzene rings is 1. The van der Waals surface area contributed by atoms with Crippen molar-refractivity contribution < 1.29 is 18.7 Å². The predicted molar refractivity (Wildman–Crippen MR) is 110 cm³/mol. The Kier molecular flexibility index (Phi) is 4.26. The molecule has 1 fully saturated rings. The fourth-order valence-corrected chi connectivity index (χ4v) is 4.44. The highest BCUT2D eigenvalue weighted by molar-refractivity contribution is 8.26. The fourth-order valence-electron chi connectivity index (χ4n) is 2.99. The Morgan fingerprint density at radius 3 is 2.89 bits per heavy atom. The van der Waals surface area contributed by atoms with Crippen LogP contribution in [0.4, 0.5) is 0 Å². The third-order valence-corrected chi connectivity index (χ3v) is 6.02. The summed E-state index contributed by atoms with van der Waals surface area (Å²) in [7, 11) is 0. The summed E-state index contributed by atoms with van der Waals surface area (Å²) in [4.78, 5) is 19.2. The van der Waals surface area contributed by atoms with E-state index in [0.29, 0.717) is 49.3 Å². The van der Waals surface area contributed by atoms with Crippen LogP contribution in [0.15, 0.2) is 45.9 Å². The summed E-state index contributed by atoms with van der Waals surface area (Å²) >= 11 is 12.9. The Labute approximate surface area is 174 Å². The highest BCUT2D eigenvalue weighted by Gasteiger charge is 2.32. The number of carbonyl (C=O) groups excluding carboxylic acids is 1. The molecule has 0 N–H and O–H groups in total. The maximum Gasteiger partial charge on any atom is 0.266 e. The van der Waals surface area contributed by atoms with Crippen LogP contribution in [0.25, 0.3) is 17.0 Å². The average molecular weight is 431 g/mol. The van der Waals surface area contributed by atoms with Crippen molar-refractivity contribution in [3.05, 3.63) is 58.0 Å². The van der Waals surface area contributed by atoms with E-state index in [0.717, 1.165) is 5.39 Å². The molecule has 0 unspecified atom stereocenters. The number of ether oxygens (including phenoxy) is 2. The van der Waals surface area contributed by atoms with Crippen molar-refractivity contribution in [2.75, 3.05) is 6.79 Å². The molecule has 4 heterocycles. The number of pyridine rings is 1. The first-order valence-electron chi connectivity index (χ1n) is 8.26. The van der Waals surface area contributed by atoms with Crippen LogP contribution in [0.1, 0.15) is 11.3 Å². The number of aromatic nitrogens is 1. The monoisotopic (exact) mass is 430 g/mol. The fraction of sp³-hybridized carbons (Fsp3) is 0.105. The van der Waals surface area contributed by atoms with Crippen LogP contribution in [-0.2, 0) is 11.3 Å². The van der Waals surface area contributed by atoms with E-state index in [2.05, 4.69) is 4.98 Å². The second kappa shape index (κ2) is 6.80. The number of furan rings is 1. The molecule has 0 aliphatic carbocycles. The standard InChI is InChI=1S/C19H11ClN2O4S2/c20-17-11(4-10-5-14-15(26-9-25-14)7-13(10)21-17)6-16-18(23)22(19(27)28-16)8-12-2-1-3-24-12/h1-7H,8-9H2/b16-6+. The quantitative estimate of drug-likeness (QED) is 0.341. The van der Waals surface area contributed by atoms with Crippen LogP contribution in [0.2, 0.25) is 5.15 Å². The van der Waals surface area contributed by atoms with Crippen LogP contribution in [0.5, 0.6) is 11.5 Å². The van der Waals surface area contributed by atoms with Crippen molar-refractivity contribution in [1.82, 2.24) is 9.88 Å². The zero-order chi connectivity index (χ0) is 19.3. The van der Waals surface area contributed by atoms with Gasteiger partial charge in [0.2, 0.25) is 6.79 Å². The number of hydrogen-bond donors (Lipinski definition) is 0. The number of carbonyl (C=O) groups is 1. The van der Waals surface area contributed by atoms with E-state index in [4.69, 9.17) is 37.7 Å². The Bertz CT molecular complexity index is 1160. The van der Waals surface area contributed by atoms with E-state index in [1.165, 1.54) is 16.7 Å². The van der Waals surface area contributed by atoms with Crippen LogP contribution in [-0.4, -0.2) is 26.9 Å². The molecule has 2 aliphatic heterocycles. The number of amides is 1. The van der Waals surface area contributed by atoms with Crippen molar-refractivity contribution >= 4 is 62.8 Å². The van der Waals surface area contributed by atoms with E-state index in [1.807, 2.05) is 12.1 Å². The summed E-state index contributed by atoms with van der Waals surface area (Å²) in [6.07, 6.45) is 3.27. The molecule has 5 rings (SSSR count). The Balaban J connectivity index is 1.49. The van der Waals surface area contributed by atoms with Gasteiger partial charge in [-0.3, -0.25) is 9.69 Å². The maximum absolute atomic E-state index is 12.8. The maximum atomic E-state index is 12.8. The van der Waals surface area contributed by atoms with Crippen LogP contribution in [0.3, 0.4) is 0 Å². The lowest BCUT2D eigenvalue weighted by molar-refractivity contribution is -0.122. The van der Waals surface area contributed by atoms with Gasteiger partial charge in [-0.05, 0) is 30.3 Å². The van der Waals surface area contributed by atoms with Gasteiger partial charge >= 0.3 is 0 Å². The highest BCUT2D eigenvalue weighted by Crippen LogP contribution is 2.38. The van der Waals surface area contributed by atoms with Gasteiger partial charge in [0, 0.05) is 17.0 Å². The number of fused-ring (bicyclic) bond motifs is 2. The molecule has 0 bridgehead atoms. The molecule has 0 spiro atoms. The first kappa shape index (κ1) is 17.5. The van der Waals surface area contributed by atoms with Gasteiger partial charge in [-0.2, -0.15) is 0 Å². The van der Waals surface area contributed by atoms with Gasteiger partial charge in [0.25, 0.3) is 5.91 Å². The topological polar surface area (TPSA) is 64.8 Å². The minimum atomic E-state index is -0.187. The number of thioether (sulfide) groups is 1. The zero-order valence-electron chi connectivity index (χ0n) is 14.2. The predicted octanol–water partition coefficient (Wildman–Crippen LogP) is 4.61. The third-order valence-electron chi connectivity index (χ3n) is 4.34. The molecule has 28 heavy (non-hydrogen) atoms. The van der Waals surface area contributed by atoms with E-state index in [1.54, 1.807) is 30.5 Å². The van der Waals surface area contributed by atoms with Gasteiger partial charge in [-0.1, -0.05) is 35.6 Å². The Morgan fingerprint density at radius 1 is 1.29 bits per heavy atom. The smallest absolute Gasteiger partial charge is 0.266 e. The Hall–Kier alpha value is -2.55. The molecule has 0 atom stereocenters. The van der Waals surface area contributed by atoms with Gasteiger partial charge in [-0.15, -0.1) is 0 Å². The summed E-state index contributed by atoms with van der Waals surface area (Å²) < 4.78 is 16.6. The first-order valence-corrected chi connectivity index (χ1v) is 9.86. The van der Waals surface area contributed by atoms with Crippen molar-refractivity contribution in [3.8, 4) is 11.5 Å². The molecule has 1 saturated heterocycles. The van der Waals surface area contributed by atoms with Crippen molar-refractivity contribution in [2.45, 2.75) is 6.54 Å². The SMILES string of the molecule is O=C1/C(=C\c2cc3cc4c(cc3nc2Cl)OCO4)SC(=S)N1Cc1ccco1. The largest absolute Gasteiger partial charge is 0.467 e. The number of rotatable bonds is 3. The van der Waals surface area contributed by atoms with E-state index < -0.39 is 0 Å². The minimum Gasteiger partial charge on any atom is -0.467 e. The average Bonchev–Trinajstić information content (AvgIpc) is 3.39. The molecule has 1 aromatic carbocycles. The van der Waals surface area contributed by atoms with Crippen LogP contribution < -0.4 is 9.47 Å². The molecule has 140 valence electrons. The van der Waals surface area contributed by atoms with Crippen LogP contribution >= 0.6 is 35.6 Å². The minimum absolute atomic E-state index is 0.185. The summed E-state index contributed by atoms with van der Waals surface area (Å²) in [5, 5.41) is 1.13. The molecular weight excluding hydrogens is 420 g/mol. The molecule has 9 heteroatoms. The van der Waals surface area contributed by atoms with Gasteiger partial charge in [0.15, 0.2) is 11.5 Å². The summed E-state index contributed by atoms with van der Waals surface area (Å²) in [5.74, 6) is 1.78. The Morgan fingerprint density at radius 2 is 2.11 bits per heavy atom. The van der Waals surface area contributed by atoms with Gasteiger partial charge < -0.3 is 13.9 Å². The second-order valence-corrected chi connectivity index (χ2v) is 8.15. The van der Waals surface area contributed by atoms with Crippen LogP contribution in [0, 0.1) is 0 Å². The third kappa shape index (κ3) is 3.03. The normalized spacial score (nSPS) is 17.3. The number of hydrogen-bond acceptors (Lipinski definition) is 7. The highest BCUT2D eigenvalue weighted by atomic mass is 35.5. The van der Waals surface area contributed by atoms with Crippen molar-refractivity contribution in [1.29, 1.82) is 0 Å². The van der Waals surface area contributed by atoms with E-state index in [-0.39, 0.29) is 12.7 Å². The zero-order valence-corrected chi connectivity index (χ0v) is 16.6. The first-order chi connectivity index (χ1) is 13.6. The summed E-state index contributed by atoms with van der Waals surface area (Å²) in [5.41, 5.74) is 1.32.